The number of carbonyl (C=O) groups excluding carboxylic acids is 1. The van der Waals surface area contributed by atoms with Gasteiger partial charge in [0.1, 0.15) is 11.6 Å². The Bertz CT molecular complexity index is 996. The number of nitrogens with one attached hydrogen (secondary N) is 3. The summed E-state index contributed by atoms with van der Waals surface area (Å²) in [5.41, 5.74) is 1.97. The lowest BCUT2D eigenvalue weighted by atomic mass is 10.0. The number of fused-ring (bicyclic) bond motifs is 1. The van der Waals surface area contributed by atoms with E-state index in [0.717, 1.165) is 48.1 Å². The summed E-state index contributed by atoms with van der Waals surface area (Å²) in [4.78, 5) is 16.4. The van der Waals surface area contributed by atoms with Gasteiger partial charge in [0.15, 0.2) is 11.6 Å². The standard InChI is InChI=1S/C20H27N7O2/c1-4-12(2)23-20(28)29-15-6-5-13(9-15)16-10-17(26-25-16)24-19-18-14(7-8-21-19)11-22-27(18)3/h7-8,10-13,15H,4-6,9H2,1-3H3,(H,23,28)(H2,21,24,25,26)/t12?,13-,15+/m0/s1. The fourth-order valence-electron chi connectivity index (χ4n) is 3.76. The maximum absolute atomic E-state index is 12.0. The number of aromatic amines is 1. The molecule has 1 aliphatic carbocycles. The van der Waals surface area contributed by atoms with Crippen molar-refractivity contribution in [3.63, 3.8) is 0 Å². The minimum Gasteiger partial charge on any atom is -0.446 e. The number of hydrogen-bond acceptors (Lipinski definition) is 6. The summed E-state index contributed by atoms with van der Waals surface area (Å²) in [6, 6.07) is 4.06. The predicted molar refractivity (Wildman–Crippen MR) is 110 cm³/mol. The smallest absolute Gasteiger partial charge is 0.407 e. The average Bonchev–Trinajstić information content (AvgIpc) is 3.43. The van der Waals surface area contributed by atoms with Crippen LogP contribution in [0.4, 0.5) is 16.4 Å². The molecule has 0 bridgehead atoms. The molecule has 0 spiro atoms. The van der Waals surface area contributed by atoms with E-state index in [-0.39, 0.29) is 18.2 Å². The van der Waals surface area contributed by atoms with Crippen LogP contribution in [0.2, 0.25) is 0 Å². The Hall–Kier alpha value is -3.10. The van der Waals surface area contributed by atoms with Crippen LogP contribution >= 0.6 is 0 Å². The molecule has 3 aromatic rings. The summed E-state index contributed by atoms with van der Waals surface area (Å²) in [5.74, 6) is 1.72. The molecule has 29 heavy (non-hydrogen) atoms. The third-order valence-corrected chi connectivity index (χ3v) is 5.57. The van der Waals surface area contributed by atoms with Gasteiger partial charge in [0.05, 0.1) is 6.20 Å². The quantitative estimate of drug-likeness (QED) is 0.586. The predicted octanol–water partition coefficient (Wildman–Crippen LogP) is 3.60. The van der Waals surface area contributed by atoms with Gasteiger partial charge in [-0.25, -0.2) is 9.78 Å². The Balaban J connectivity index is 1.38. The second kappa shape index (κ2) is 8.10. The van der Waals surface area contributed by atoms with Crippen molar-refractivity contribution < 1.29 is 9.53 Å². The largest absolute Gasteiger partial charge is 0.446 e. The van der Waals surface area contributed by atoms with Crippen LogP contribution in [0.1, 0.15) is 51.1 Å². The zero-order valence-electron chi connectivity index (χ0n) is 17.0. The van der Waals surface area contributed by atoms with Crippen molar-refractivity contribution >= 4 is 28.6 Å². The molecule has 0 saturated heterocycles. The SMILES string of the molecule is CCC(C)NC(=O)O[C@@H]1CC[C@H](c2cc(Nc3nccc4cnn(C)c34)n[nH]2)C1. The van der Waals surface area contributed by atoms with Crippen LogP contribution in [-0.4, -0.2) is 43.2 Å². The number of hydrogen-bond donors (Lipinski definition) is 3. The first-order valence-corrected chi connectivity index (χ1v) is 10.1. The fraction of sp³-hybridized carbons (Fsp3) is 0.500. The van der Waals surface area contributed by atoms with Crippen molar-refractivity contribution in [2.24, 2.45) is 7.05 Å². The van der Waals surface area contributed by atoms with Gasteiger partial charge in [0.25, 0.3) is 0 Å². The molecule has 1 unspecified atom stereocenters. The van der Waals surface area contributed by atoms with Crippen molar-refractivity contribution in [1.82, 2.24) is 30.3 Å². The van der Waals surface area contributed by atoms with E-state index in [1.54, 1.807) is 10.9 Å². The highest BCUT2D eigenvalue weighted by Gasteiger charge is 2.30. The third kappa shape index (κ3) is 4.18. The first-order chi connectivity index (χ1) is 14.0. The van der Waals surface area contributed by atoms with Crippen molar-refractivity contribution in [2.75, 3.05) is 5.32 Å². The first-order valence-electron chi connectivity index (χ1n) is 10.1. The lowest BCUT2D eigenvalue weighted by Gasteiger charge is -2.16. The maximum atomic E-state index is 12.0. The van der Waals surface area contributed by atoms with Crippen molar-refractivity contribution in [2.45, 2.75) is 57.6 Å². The van der Waals surface area contributed by atoms with E-state index in [4.69, 9.17) is 4.74 Å². The highest BCUT2D eigenvalue weighted by Crippen LogP contribution is 2.36. The van der Waals surface area contributed by atoms with Crippen LogP contribution in [0.15, 0.2) is 24.5 Å². The zero-order valence-corrected chi connectivity index (χ0v) is 17.0. The van der Waals surface area contributed by atoms with E-state index in [2.05, 4.69) is 30.9 Å². The first kappa shape index (κ1) is 19.2. The van der Waals surface area contributed by atoms with Crippen LogP contribution < -0.4 is 10.6 Å². The fourth-order valence-corrected chi connectivity index (χ4v) is 3.76. The van der Waals surface area contributed by atoms with Gasteiger partial charge in [-0.2, -0.15) is 10.2 Å². The molecule has 0 radical (unpaired) electrons. The normalized spacial score (nSPS) is 20.0. The summed E-state index contributed by atoms with van der Waals surface area (Å²) in [7, 11) is 1.89. The molecule has 1 amide bonds. The number of alkyl carbamates (subject to hydrolysis) is 1. The molecule has 9 heteroatoms. The van der Waals surface area contributed by atoms with E-state index in [1.807, 2.05) is 39.2 Å². The Morgan fingerprint density at radius 2 is 2.31 bits per heavy atom. The van der Waals surface area contributed by atoms with Crippen molar-refractivity contribution in [3.05, 3.63) is 30.2 Å². The van der Waals surface area contributed by atoms with Gasteiger partial charge in [-0.1, -0.05) is 6.92 Å². The molecule has 3 heterocycles. The van der Waals surface area contributed by atoms with Crippen molar-refractivity contribution in [3.8, 4) is 0 Å². The summed E-state index contributed by atoms with van der Waals surface area (Å²) in [6.07, 6.45) is 6.67. The number of rotatable bonds is 6. The number of pyridine rings is 1. The van der Waals surface area contributed by atoms with Crippen LogP contribution in [0, 0.1) is 0 Å². The lowest BCUT2D eigenvalue weighted by molar-refractivity contribution is 0.0974. The highest BCUT2D eigenvalue weighted by molar-refractivity contribution is 5.89. The van der Waals surface area contributed by atoms with E-state index in [9.17, 15) is 4.79 Å². The minimum absolute atomic E-state index is 0.0615. The average molecular weight is 397 g/mol. The molecule has 3 aromatic heterocycles. The molecule has 154 valence electrons. The zero-order chi connectivity index (χ0) is 20.4. The lowest BCUT2D eigenvalue weighted by Crippen LogP contribution is -2.34. The van der Waals surface area contributed by atoms with E-state index in [1.165, 1.54) is 0 Å². The summed E-state index contributed by atoms with van der Waals surface area (Å²) >= 11 is 0. The molecule has 3 atom stereocenters. The van der Waals surface area contributed by atoms with Gasteiger partial charge in [0, 0.05) is 42.4 Å². The van der Waals surface area contributed by atoms with Gasteiger partial charge in [-0.05, 0) is 38.7 Å². The Kier molecular flexibility index (Phi) is 5.37. The molecule has 4 rings (SSSR count). The van der Waals surface area contributed by atoms with Gasteiger partial charge in [0.2, 0.25) is 0 Å². The van der Waals surface area contributed by atoms with Gasteiger partial charge >= 0.3 is 6.09 Å². The van der Waals surface area contributed by atoms with E-state index in [0.29, 0.717) is 11.7 Å². The molecule has 3 N–H and O–H groups in total. The third-order valence-electron chi connectivity index (χ3n) is 5.57. The summed E-state index contributed by atoms with van der Waals surface area (Å²) in [5, 5.41) is 18.9. The number of aromatic nitrogens is 5. The maximum Gasteiger partial charge on any atom is 0.407 e. The monoisotopic (exact) mass is 397 g/mol. The number of ether oxygens (including phenoxy) is 1. The topological polar surface area (TPSA) is 110 Å². The second-order valence-corrected chi connectivity index (χ2v) is 7.69. The Morgan fingerprint density at radius 1 is 1.45 bits per heavy atom. The molecule has 9 nitrogen and oxygen atoms in total. The molecular formula is C20H27N7O2. The Morgan fingerprint density at radius 3 is 3.14 bits per heavy atom. The number of anilines is 2. The number of nitrogens with zero attached hydrogens (tertiary/aromatic N) is 4. The molecule has 1 fully saturated rings. The minimum atomic E-state index is -0.327. The Labute approximate surface area is 169 Å². The molecule has 1 aliphatic rings. The van der Waals surface area contributed by atoms with Crippen molar-refractivity contribution in [1.29, 1.82) is 0 Å². The van der Waals surface area contributed by atoms with Crippen LogP contribution in [0.5, 0.6) is 0 Å². The number of aryl methyl sites for hydroxylation is 1. The van der Waals surface area contributed by atoms with Crippen LogP contribution in [-0.2, 0) is 11.8 Å². The highest BCUT2D eigenvalue weighted by atomic mass is 16.6. The van der Waals surface area contributed by atoms with E-state index >= 15 is 0 Å². The number of carbonyl (C=O) groups is 1. The van der Waals surface area contributed by atoms with Gasteiger partial charge in [-0.15, -0.1) is 0 Å². The number of H-pyrrole nitrogens is 1. The summed E-state index contributed by atoms with van der Waals surface area (Å²) < 4.78 is 7.36. The molecule has 0 aliphatic heterocycles. The number of amides is 1. The van der Waals surface area contributed by atoms with Crippen LogP contribution in [0.25, 0.3) is 10.9 Å². The molecular weight excluding hydrogens is 370 g/mol. The van der Waals surface area contributed by atoms with Crippen LogP contribution in [0.3, 0.4) is 0 Å². The molecule has 0 aromatic carbocycles. The van der Waals surface area contributed by atoms with E-state index < -0.39 is 0 Å². The summed E-state index contributed by atoms with van der Waals surface area (Å²) in [6.45, 7) is 4.00. The molecule has 1 saturated carbocycles. The second-order valence-electron chi connectivity index (χ2n) is 7.69. The van der Waals surface area contributed by atoms with Gasteiger partial charge in [-0.3, -0.25) is 9.78 Å². The van der Waals surface area contributed by atoms with Gasteiger partial charge < -0.3 is 15.4 Å².